The lowest BCUT2D eigenvalue weighted by Gasteiger charge is -2.27. The van der Waals surface area contributed by atoms with E-state index >= 15 is 0 Å². The molecule has 1 fully saturated rings. The molecule has 0 unspecified atom stereocenters. The van der Waals surface area contributed by atoms with Gasteiger partial charge in [-0.2, -0.15) is 0 Å². The molecule has 0 heterocycles. The van der Waals surface area contributed by atoms with E-state index in [1.807, 2.05) is 13.8 Å². The maximum atomic E-state index is 13.1. The van der Waals surface area contributed by atoms with Gasteiger partial charge < -0.3 is 10.4 Å². The SMILES string of the molecule is CC(C)[C@@H](NC(=O)CC1(C(=O)O)CCCC1)c1ccc(F)cc1. The summed E-state index contributed by atoms with van der Waals surface area (Å²) in [5, 5.41) is 12.4. The van der Waals surface area contributed by atoms with Crippen molar-refractivity contribution in [2.45, 2.75) is 52.0 Å². The van der Waals surface area contributed by atoms with E-state index in [0.717, 1.165) is 18.4 Å². The van der Waals surface area contributed by atoms with E-state index in [4.69, 9.17) is 0 Å². The highest BCUT2D eigenvalue weighted by molar-refractivity contribution is 5.85. The number of hydrogen-bond donors (Lipinski definition) is 2. The Hall–Kier alpha value is -1.91. The van der Waals surface area contributed by atoms with Crippen LogP contribution in [-0.2, 0) is 9.59 Å². The summed E-state index contributed by atoms with van der Waals surface area (Å²) in [5.41, 5.74) is -0.0976. The molecule has 0 aliphatic heterocycles. The van der Waals surface area contributed by atoms with Crippen molar-refractivity contribution in [2.24, 2.45) is 11.3 Å². The minimum Gasteiger partial charge on any atom is -0.481 e. The van der Waals surface area contributed by atoms with Gasteiger partial charge in [-0.3, -0.25) is 9.59 Å². The van der Waals surface area contributed by atoms with Gasteiger partial charge in [-0.25, -0.2) is 4.39 Å². The molecule has 2 N–H and O–H groups in total. The van der Waals surface area contributed by atoms with E-state index < -0.39 is 11.4 Å². The molecule has 1 atom stereocenters. The van der Waals surface area contributed by atoms with Crippen molar-refractivity contribution in [3.63, 3.8) is 0 Å². The van der Waals surface area contributed by atoms with Crippen LogP contribution in [0.25, 0.3) is 0 Å². The highest BCUT2D eigenvalue weighted by Crippen LogP contribution is 2.41. The monoisotopic (exact) mass is 321 g/mol. The molecular weight excluding hydrogens is 297 g/mol. The molecule has 0 spiro atoms. The third kappa shape index (κ3) is 4.09. The van der Waals surface area contributed by atoms with Crippen LogP contribution in [0.4, 0.5) is 4.39 Å². The number of nitrogens with one attached hydrogen (secondary N) is 1. The lowest BCUT2D eigenvalue weighted by Crippen LogP contribution is -2.38. The number of carboxylic acids is 1. The van der Waals surface area contributed by atoms with Crippen LogP contribution in [0.5, 0.6) is 0 Å². The molecule has 0 bridgehead atoms. The first-order chi connectivity index (χ1) is 10.8. The zero-order valence-corrected chi connectivity index (χ0v) is 13.6. The highest BCUT2D eigenvalue weighted by atomic mass is 19.1. The summed E-state index contributed by atoms with van der Waals surface area (Å²) in [4.78, 5) is 24.0. The van der Waals surface area contributed by atoms with E-state index in [9.17, 15) is 19.1 Å². The Morgan fingerprint density at radius 2 is 1.78 bits per heavy atom. The molecule has 0 radical (unpaired) electrons. The van der Waals surface area contributed by atoms with Gasteiger partial charge in [0.1, 0.15) is 5.82 Å². The van der Waals surface area contributed by atoms with Gasteiger partial charge in [0.15, 0.2) is 0 Å². The van der Waals surface area contributed by atoms with Crippen LogP contribution in [0.1, 0.15) is 57.6 Å². The van der Waals surface area contributed by atoms with Gasteiger partial charge in [0.2, 0.25) is 5.91 Å². The summed E-state index contributed by atoms with van der Waals surface area (Å²) >= 11 is 0. The fraction of sp³-hybridized carbons (Fsp3) is 0.556. The minimum atomic E-state index is -0.922. The number of amides is 1. The molecule has 1 aliphatic carbocycles. The topological polar surface area (TPSA) is 66.4 Å². The van der Waals surface area contributed by atoms with Crippen LogP contribution in [0.2, 0.25) is 0 Å². The van der Waals surface area contributed by atoms with Crippen molar-refractivity contribution in [3.8, 4) is 0 Å². The van der Waals surface area contributed by atoms with Crippen LogP contribution < -0.4 is 5.32 Å². The molecule has 2 rings (SSSR count). The Morgan fingerprint density at radius 3 is 2.26 bits per heavy atom. The summed E-state index contributed by atoms with van der Waals surface area (Å²) < 4.78 is 13.1. The standard InChI is InChI=1S/C18H24FNO3/c1-12(2)16(13-5-7-14(19)8-6-13)20-15(21)11-18(17(22)23)9-3-4-10-18/h5-8,12,16H,3-4,9-11H2,1-2H3,(H,20,21)(H,22,23)/t16-/m1/s1. The molecule has 1 aromatic rings. The first-order valence-electron chi connectivity index (χ1n) is 8.12. The Morgan fingerprint density at radius 1 is 1.22 bits per heavy atom. The second-order valence-electron chi connectivity index (χ2n) is 6.81. The zero-order valence-electron chi connectivity index (χ0n) is 13.6. The molecule has 4 nitrogen and oxygen atoms in total. The third-order valence-corrected chi connectivity index (χ3v) is 4.73. The first-order valence-corrected chi connectivity index (χ1v) is 8.12. The Balaban J connectivity index is 2.09. The molecule has 0 saturated heterocycles. The van der Waals surface area contributed by atoms with Gasteiger partial charge >= 0.3 is 5.97 Å². The van der Waals surface area contributed by atoms with Gasteiger partial charge in [0.05, 0.1) is 11.5 Å². The molecule has 1 saturated carbocycles. The highest BCUT2D eigenvalue weighted by Gasteiger charge is 2.43. The van der Waals surface area contributed by atoms with Gasteiger partial charge in [-0.05, 0) is 36.5 Å². The summed E-state index contributed by atoms with van der Waals surface area (Å²) in [5.74, 6) is -1.34. The Kier molecular flexibility index (Phi) is 5.39. The van der Waals surface area contributed by atoms with Crippen molar-refractivity contribution < 1.29 is 19.1 Å². The largest absolute Gasteiger partial charge is 0.481 e. The fourth-order valence-corrected chi connectivity index (χ4v) is 3.35. The number of benzene rings is 1. The molecule has 1 aliphatic rings. The lowest BCUT2D eigenvalue weighted by atomic mass is 9.82. The molecular formula is C18H24FNO3. The number of aliphatic carboxylic acids is 1. The van der Waals surface area contributed by atoms with Crippen molar-refractivity contribution in [1.29, 1.82) is 0 Å². The molecule has 1 amide bonds. The van der Waals surface area contributed by atoms with Crippen molar-refractivity contribution in [3.05, 3.63) is 35.6 Å². The number of rotatable bonds is 6. The average molecular weight is 321 g/mol. The van der Waals surface area contributed by atoms with Crippen molar-refractivity contribution in [1.82, 2.24) is 5.32 Å². The Labute approximate surface area is 136 Å². The predicted molar refractivity (Wildman–Crippen MR) is 85.3 cm³/mol. The maximum Gasteiger partial charge on any atom is 0.310 e. The van der Waals surface area contributed by atoms with Crippen LogP contribution in [0, 0.1) is 17.2 Å². The summed E-state index contributed by atoms with van der Waals surface area (Å²) in [7, 11) is 0. The van der Waals surface area contributed by atoms with Crippen LogP contribution in [0.3, 0.4) is 0 Å². The van der Waals surface area contributed by atoms with E-state index in [1.54, 1.807) is 12.1 Å². The van der Waals surface area contributed by atoms with Crippen molar-refractivity contribution in [2.75, 3.05) is 0 Å². The number of hydrogen-bond acceptors (Lipinski definition) is 2. The van der Waals surface area contributed by atoms with E-state index in [0.29, 0.717) is 12.8 Å². The van der Waals surface area contributed by atoms with Crippen LogP contribution in [0.15, 0.2) is 24.3 Å². The van der Waals surface area contributed by atoms with Crippen LogP contribution in [-0.4, -0.2) is 17.0 Å². The summed E-state index contributed by atoms with van der Waals surface area (Å²) in [6.45, 7) is 3.94. The van der Waals surface area contributed by atoms with Gasteiger partial charge in [0.25, 0.3) is 0 Å². The number of carboxylic acid groups (broad SMARTS) is 1. The molecule has 126 valence electrons. The number of carbonyl (C=O) groups is 2. The Bertz CT molecular complexity index is 562. The van der Waals surface area contributed by atoms with E-state index in [2.05, 4.69) is 5.32 Å². The molecule has 5 heteroatoms. The first kappa shape index (κ1) is 17.4. The van der Waals surface area contributed by atoms with Gasteiger partial charge in [-0.15, -0.1) is 0 Å². The molecule has 23 heavy (non-hydrogen) atoms. The molecule has 1 aromatic carbocycles. The summed E-state index contributed by atoms with van der Waals surface area (Å²) in [6.07, 6.45) is 2.82. The number of halogens is 1. The zero-order chi connectivity index (χ0) is 17.0. The van der Waals surface area contributed by atoms with Gasteiger partial charge in [0, 0.05) is 6.42 Å². The summed E-state index contributed by atoms with van der Waals surface area (Å²) in [6, 6.07) is 5.79. The number of carbonyl (C=O) groups excluding carboxylic acids is 1. The fourth-order valence-electron chi connectivity index (χ4n) is 3.35. The van der Waals surface area contributed by atoms with E-state index in [1.165, 1.54) is 12.1 Å². The second-order valence-corrected chi connectivity index (χ2v) is 6.81. The van der Waals surface area contributed by atoms with Gasteiger partial charge in [-0.1, -0.05) is 38.8 Å². The lowest BCUT2D eigenvalue weighted by molar-refractivity contribution is -0.151. The van der Waals surface area contributed by atoms with Crippen LogP contribution >= 0.6 is 0 Å². The normalized spacial score (nSPS) is 17.9. The minimum absolute atomic E-state index is 0.00669. The quantitative estimate of drug-likeness (QED) is 0.840. The average Bonchev–Trinajstić information content (AvgIpc) is 2.95. The maximum absolute atomic E-state index is 13.1. The van der Waals surface area contributed by atoms with E-state index in [-0.39, 0.29) is 30.1 Å². The predicted octanol–water partition coefficient (Wildman–Crippen LogP) is 3.67. The van der Waals surface area contributed by atoms with Crippen molar-refractivity contribution >= 4 is 11.9 Å². The molecule has 0 aromatic heterocycles. The smallest absolute Gasteiger partial charge is 0.310 e. The second kappa shape index (κ2) is 7.11. The third-order valence-electron chi connectivity index (χ3n) is 4.73.